The average Bonchev–Trinajstić information content (AvgIpc) is 2.93. The van der Waals surface area contributed by atoms with Crippen molar-refractivity contribution in [2.75, 3.05) is 11.9 Å². The molecule has 144 valence electrons. The van der Waals surface area contributed by atoms with E-state index in [0.717, 1.165) is 27.5 Å². The molecule has 5 heteroatoms. The van der Waals surface area contributed by atoms with Crippen LogP contribution in [0.15, 0.2) is 54.6 Å². The largest absolute Gasteiger partial charge is 0.389 e. The van der Waals surface area contributed by atoms with E-state index in [9.17, 15) is 5.11 Å². The molecule has 0 fully saturated rings. The highest BCUT2D eigenvalue weighted by Gasteiger charge is 2.15. The first-order valence-electron chi connectivity index (χ1n) is 9.28. The smallest absolute Gasteiger partial charge is 0.0891 e. The third kappa shape index (κ3) is 3.70. The Morgan fingerprint density at radius 1 is 0.893 bits per heavy atom. The number of fused-ring (bicyclic) bond motifs is 3. The second-order valence-electron chi connectivity index (χ2n) is 7.29. The van der Waals surface area contributed by atoms with Crippen molar-refractivity contribution in [3.63, 3.8) is 0 Å². The minimum atomic E-state index is -0.550. The average molecular weight is 413 g/mol. The molecule has 1 aromatic heterocycles. The van der Waals surface area contributed by atoms with E-state index >= 15 is 0 Å². The Morgan fingerprint density at radius 2 is 1.50 bits per heavy atom. The molecule has 3 nitrogen and oxygen atoms in total. The summed E-state index contributed by atoms with van der Waals surface area (Å²) in [7, 11) is 0. The summed E-state index contributed by atoms with van der Waals surface area (Å²) in [5.41, 5.74) is 5.52. The molecular weight excluding hydrogens is 391 g/mol. The number of hydrogen-bond donors (Lipinski definition) is 2. The summed E-state index contributed by atoms with van der Waals surface area (Å²) in [5.74, 6) is 0. The number of aliphatic hydroxyl groups excluding tert-OH is 1. The van der Waals surface area contributed by atoms with Crippen molar-refractivity contribution in [3.05, 3.63) is 75.8 Å². The van der Waals surface area contributed by atoms with Crippen LogP contribution in [0.4, 0.5) is 5.69 Å². The van der Waals surface area contributed by atoms with Crippen LogP contribution in [0.1, 0.15) is 11.1 Å². The van der Waals surface area contributed by atoms with Crippen LogP contribution >= 0.6 is 23.2 Å². The summed E-state index contributed by atoms with van der Waals surface area (Å²) >= 11 is 12.4. The molecule has 0 aliphatic carbocycles. The molecule has 0 saturated heterocycles. The van der Waals surface area contributed by atoms with Gasteiger partial charge in [0.25, 0.3) is 0 Å². The zero-order chi connectivity index (χ0) is 19.8. The zero-order valence-electron chi connectivity index (χ0n) is 15.8. The first-order valence-corrected chi connectivity index (χ1v) is 10.0. The predicted molar refractivity (Wildman–Crippen MR) is 120 cm³/mol. The van der Waals surface area contributed by atoms with Gasteiger partial charge in [0.15, 0.2) is 0 Å². The molecule has 0 aliphatic rings. The van der Waals surface area contributed by atoms with E-state index in [-0.39, 0.29) is 0 Å². The lowest BCUT2D eigenvalue weighted by Gasteiger charge is -2.17. The number of hydrogen-bond acceptors (Lipinski definition) is 2. The molecule has 2 N–H and O–H groups in total. The molecule has 0 saturated carbocycles. The first kappa shape index (κ1) is 19.1. The van der Waals surface area contributed by atoms with E-state index in [2.05, 4.69) is 41.9 Å². The molecule has 4 aromatic rings. The minimum Gasteiger partial charge on any atom is -0.389 e. The molecule has 0 spiro atoms. The summed E-state index contributed by atoms with van der Waals surface area (Å²) in [6.45, 7) is 5.09. The second-order valence-corrected chi connectivity index (χ2v) is 8.16. The Morgan fingerprint density at radius 3 is 2.07 bits per heavy atom. The lowest BCUT2D eigenvalue weighted by molar-refractivity contribution is 0.169. The molecule has 0 radical (unpaired) electrons. The molecular formula is C23H22Cl2N2O. The van der Waals surface area contributed by atoms with Crippen LogP contribution in [0.25, 0.3) is 21.8 Å². The van der Waals surface area contributed by atoms with Gasteiger partial charge in [0.2, 0.25) is 0 Å². The van der Waals surface area contributed by atoms with Gasteiger partial charge in [-0.25, -0.2) is 0 Å². The van der Waals surface area contributed by atoms with Crippen molar-refractivity contribution in [2.45, 2.75) is 26.5 Å². The van der Waals surface area contributed by atoms with Gasteiger partial charge >= 0.3 is 0 Å². The van der Waals surface area contributed by atoms with Gasteiger partial charge < -0.3 is 15.0 Å². The van der Waals surface area contributed by atoms with E-state index in [4.69, 9.17) is 23.2 Å². The summed E-state index contributed by atoms with van der Waals surface area (Å²) in [6, 6.07) is 17.9. The van der Waals surface area contributed by atoms with Gasteiger partial charge in [-0.3, -0.25) is 0 Å². The van der Waals surface area contributed by atoms with Gasteiger partial charge in [-0.15, -0.1) is 0 Å². The van der Waals surface area contributed by atoms with Crippen molar-refractivity contribution >= 4 is 50.7 Å². The van der Waals surface area contributed by atoms with Crippen LogP contribution in [0.3, 0.4) is 0 Å². The standard InChI is InChI=1S/C23H22Cl2N2O/c1-14-3-6-21(15(2)9-14)26-12-18(28)13-27-22-7-4-16(24)10-19(22)20-11-17(25)5-8-23(20)27/h3-11,18,26,28H,12-13H2,1-2H3/t18-/m0/s1. The van der Waals surface area contributed by atoms with Crippen LogP contribution in [-0.2, 0) is 6.54 Å². The zero-order valence-corrected chi connectivity index (χ0v) is 17.3. The van der Waals surface area contributed by atoms with Crippen molar-refractivity contribution in [2.24, 2.45) is 0 Å². The van der Waals surface area contributed by atoms with Crippen LogP contribution in [-0.4, -0.2) is 22.3 Å². The van der Waals surface area contributed by atoms with E-state index < -0.39 is 6.10 Å². The van der Waals surface area contributed by atoms with Crippen LogP contribution in [0.2, 0.25) is 10.0 Å². The molecule has 0 bridgehead atoms. The first-order chi connectivity index (χ1) is 13.4. The molecule has 0 amide bonds. The monoisotopic (exact) mass is 412 g/mol. The summed E-state index contributed by atoms with van der Waals surface area (Å²) < 4.78 is 2.13. The number of halogens is 2. The quantitative estimate of drug-likeness (QED) is 0.409. The topological polar surface area (TPSA) is 37.2 Å². The van der Waals surface area contributed by atoms with Crippen LogP contribution in [0, 0.1) is 13.8 Å². The predicted octanol–water partition coefficient (Wildman–Crippen LogP) is 6.19. The maximum absolute atomic E-state index is 10.7. The molecule has 4 rings (SSSR count). The Hall–Kier alpha value is -2.20. The highest BCUT2D eigenvalue weighted by Crippen LogP contribution is 2.33. The van der Waals surface area contributed by atoms with Gasteiger partial charge in [0.1, 0.15) is 0 Å². The van der Waals surface area contributed by atoms with Gasteiger partial charge in [-0.2, -0.15) is 0 Å². The van der Waals surface area contributed by atoms with Crippen molar-refractivity contribution in [3.8, 4) is 0 Å². The summed E-state index contributed by atoms with van der Waals surface area (Å²) in [5, 5.41) is 17.5. The highest BCUT2D eigenvalue weighted by atomic mass is 35.5. The lowest BCUT2D eigenvalue weighted by Crippen LogP contribution is -2.25. The van der Waals surface area contributed by atoms with E-state index in [1.54, 1.807) is 0 Å². The fourth-order valence-corrected chi connectivity index (χ4v) is 4.10. The number of anilines is 1. The van der Waals surface area contributed by atoms with Crippen LogP contribution in [0.5, 0.6) is 0 Å². The number of rotatable bonds is 5. The van der Waals surface area contributed by atoms with E-state index in [0.29, 0.717) is 23.1 Å². The highest BCUT2D eigenvalue weighted by molar-refractivity contribution is 6.33. The maximum atomic E-state index is 10.7. The Labute approximate surface area is 174 Å². The molecule has 28 heavy (non-hydrogen) atoms. The fourth-order valence-electron chi connectivity index (χ4n) is 3.76. The third-order valence-electron chi connectivity index (χ3n) is 5.09. The lowest BCUT2D eigenvalue weighted by atomic mass is 10.1. The van der Waals surface area contributed by atoms with E-state index in [1.165, 1.54) is 11.1 Å². The van der Waals surface area contributed by atoms with Gasteiger partial charge in [0.05, 0.1) is 12.6 Å². The number of aromatic nitrogens is 1. The molecule has 0 unspecified atom stereocenters. The maximum Gasteiger partial charge on any atom is 0.0891 e. The number of benzene rings is 3. The SMILES string of the molecule is Cc1ccc(NC[C@H](O)Cn2c3ccc(Cl)cc3c3cc(Cl)ccc32)c(C)c1. The number of nitrogens with zero attached hydrogens (tertiary/aromatic N) is 1. The number of aryl methyl sites for hydroxylation is 2. The van der Waals surface area contributed by atoms with Crippen molar-refractivity contribution in [1.82, 2.24) is 4.57 Å². The van der Waals surface area contributed by atoms with E-state index in [1.807, 2.05) is 36.4 Å². The second kappa shape index (κ2) is 7.67. The molecule has 3 aromatic carbocycles. The van der Waals surface area contributed by atoms with Crippen molar-refractivity contribution in [1.29, 1.82) is 0 Å². The normalized spacial score (nSPS) is 12.6. The number of nitrogens with one attached hydrogen (secondary N) is 1. The number of aliphatic hydroxyl groups is 1. The fraction of sp³-hybridized carbons (Fsp3) is 0.217. The Balaban J connectivity index is 1.63. The Kier molecular flexibility index (Phi) is 5.24. The van der Waals surface area contributed by atoms with Gasteiger partial charge in [-0.1, -0.05) is 40.9 Å². The van der Waals surface area contributed by atoms with Gasteiger partial charge in [-0.05, 0) is 61.9 Å². The molecule has 0 aliphatic heterocycles. The van der Waals surface area contributed by atoms with Gasteiger partial charge in [0, 0.05) is 44.1 Å². The molecule has 1 heterocycles. The minimum absolute atomic E-state index is 0.465. The van der Waals surface area contributed by atoms with Crippen LogP contribution < -0.4 is 5.32 Å². The third-order valence-corrected chi connectivity index (χ3v) is 5.56. The van der Waals surface area contributed by atoms with Crippen molar-refractivity contribution < 1.29 is 5.11 Å². The summed E-state index contributed by atoms with van der Waals surface area (Å²) in [4.78, 5) is 0. The summed E-state index contributed by atoms with van der Waals surface area (Å²) in [6.07, 6.45) is -0.550. The molecule has 1 atom stereocenters. The Bertz CT molecular complexity index is 1110.